The van der Waals surface area contributed by atoms with Gasteiger partial charge in [0.05, 0.1) is 23.6 Å². The smallest absolute Gasteiger partial charge is 0.433 e. The van der Waals surface area contributed by atoms with E-state index in [0.717, 1.165) is 18.2 Å². The molecule has 0 atom stereocenters. The average Bonchev–Trinajstić information content (AvgIpc) is 2.71. The maximum absolute atomic E-state index is 12.9. The Balaban J connectivity index is 2.37. The van der Waals surface area contributed by atoms with E-state index in [1.54, 1.807) is 20.8 Å². The minimum Gasteiger partial charge on any atom is -0.462 e. The summed E-state index contributed by atoms with van der Waals surface area (Å²) in [6, 6.07) is 4.26. The summed E-state index contributed by atoms with van der Waals surface area (Å²) in [6.07, 6.45) is -1.30. The van der Waals surface area contributed by atoms with Gasteiger partial charge in [-0.15, -0.1) is 0 Å². The molecule has 0 saturated heterocycles. The number of hydrogen-bond donors (Lipinski definition) is 3. The molecule has 8 nitrogen and oxygen atoms in total. The molecule has 0 radical (unpaired) electrons. The largest absolute Gasteiger partial charge is 0.462 e. The zero-order valence-corrected chi connectivity index (χ0v) is 18.4. The van der Waals surface area contributed by atoms with Gasteiger partial charge in [-0.3, -0.25) is 9.78 Å². The molecular formula is C22H25F3N4O4. The number of nitrogens with one attached hydrogen (secondary N) is 1. The Labute approximate surface area is 188 Å². The number of pyridine rings is 2. The number of amides is 1. The Hall–Kier alpha value is -3.47. The van der Waals surface area contributed by atoms with E-state index in [4.69, 9.17) is 10.5 Å². The zero-order chi connectivity index (χ0) is 24.8. The first-order valence-electron chi connectivity index (χ1n) is 10.0. The molecule has 0 aliphatic carbocycles. The molecule has 178 valence electrons. The number of nitrogens with two attached hydrogens (primary N) is 1. The summed E-state index contributed by atoms with van der Waals surface area (Å²) in [5.74, 6) is -1.73. The average molecular weight is 466 g/mol. The van der Waals surface area contributed by atoms with E-state index >= 15 is 0 Å². The number of esters is 1. The fourth-order valence-electron chi connectivity index (χ4n) is 2.64. The standard InChI is InChI=1S/C22H25F3N4O4/c1-4-33-20(31)15-12-27-14(10-13(26)8-9-21(2,3)32)11-17(15)29-19(30)16-6-5-7-18(28-16)22(23,24)25/h5-7,10-12,32H,4,8-9,26H2,1-3H3,(H,27,29,30). The van der Waals surface area contributed by atoms with Crippen molar-refractivity contribution in [3.05, 3.63) is 58.8 Å². The van der Waals surface area contributed by atoms with Crippen molar-refractivity contribution in [1.29, 1.82) is 0 Å². The van der Waals surface area contributed by atoms with Crippen LogP contribution in [0.25, 0.3) is 6.08 Å². The molecule has 4 N–H and O–H groups in total. The molecule has 0 bridgehead atoms. The fourth-order valence-corrected chi connectivity index (χ4v) is 2.64. The summed E-state index contributed by atoms with van der Waals surface area (Å²) in [5.41, 5.74) is 3.89. The highest BCUT2D eigenvalue weighted by Crippen LogP contribution is 2.27. The molecule has 0 saturated carbocycles. The Kier molecular flexibility index (Phi) is 8.15. The minimum atomic E-state index is -4.72. The number of anilines is 1. The van der Waals surface area contributed by atoms with Gasteiger partial charge in [0, 0.05) is 11.9 Å². The number of aliphatic hydroxyl groups is 1. The van der Waals surface area contributed by atoms with Crippen molar-refractivity contribution in [2.45, 2.75) is 45.4 Å². The second kappa shape index (κ2) is 10.4. The molecule has 0 aromatic carbocycles. The van der Waals surface area contributed by atoms with Crippen LogP contribution in [0.5, 0.6) is 0 Å². The van der Waals surface area contributed by atoms with E-state index in [-0.39, 0.29) is 23.6 Å². The van der Waals surface area contributed by atoms with E-state index in [1.807, 2.05) is 0 Å². The topological polar surface area (TPSA) is 127 Å². The van der Waals surface area contributed by atoms with Crippen LogP contribution in [0.15, 0.2) is 36.2 Å². The van der Waals surface area contributed by atoms with Crippen LogP contribution < -0.4 is 11.1 Å². The Morgan fingerprint density at radius 3 is 2.58 bits per heavy atom. The van der Waals surface area contributed by atoms with E-state index in [1.165, 1.54) is 18.3 Å². The first-order valence-corrected chi connectivity index (χ1v) is 10.0. The van der Waals surface area contributed by atoms with Gasteiger partial charge < -0.3 is 20.9 Å². The number of alkyl halides is 3. The summed E-state index contributed by atoms with van der Waals surface area (Å²) in [4.78, 5) is 32.3. The van der Waals surface area contributed by atoms with Crippen molar-refractivity contribution in [2.75, 3.05) is 11.9 Å². The second-order valence-corrected chi connectivity index (χ2v) is 7.77. The van der Waals surface area contributed by atoms with Gasteiger partial charge in [-0.2, -0.15) is 13.2 Å². The first kappa shape index (κ1) is 25.8. The van der Waals surface area contributed by atoms with E-state index in [2.05, 4.69) is 15.3 Å². The summed E-state index contributed by atoms with van der Waals surface area (Å²) in [5, 5.41) is 12.2. The summed E-state index contributed by atoms with van der Waals surface area (Å²) in [6.45, 7) is 4.94. The van der Waals surface area contributed by atoms with E-state index in [0.29, 0.717) is 18.5 Å². The predicted molar refractivity (Wildman–Crippen MR) is 115 cm³/mol. The van der Waals surface area contributed by atoms with Gasteiger partial charge in [0.25, 0.3) is 5.91 Å². The third-order valence-corrected chi connectivity index (χ3v) is 4.30. The number of halogens is 3. The number of carbonyl (C=O) groups is 2. The lowest BCUT2D eigenvalue weighted by molar-refractivity contribution is -0.141. The predicted octanol–water partition coefficient (Wildman–Crippen LogP) is 3.78. The van der Waals surface area contributed by atoms with Gasteiger partial charge in [0.15, 0.2) is 0 Å². The first-order chi connectivity index (χ1) is 15.3. The van der Waals surface area contributed by atoms with Crippen LogP contribution in [0, 0.1) is 0 Å². The molecule has 1 amide bonds. The number of hydrogen-bond acceptors (Lipinski definition) is 7. The van der Waals surface area contributed by atoms with Gasteiger partial charge in [-0.05, 0) is 57.9 Å². The van der Waals surface area contributed by atoms with Crippen LogP contribution in [-0.4, -0.2) is 39.2 Å². The maximum Gasteiger partial charge on any atom is 0.433 e. The van der Waals surface area contributed by atoms with E-state index in [9.17, 15) is 27.9 Å². The molecule has 33 heavy (non-hydrogen) atoms. The number of rotatable bonds is 8. The minimum absolute atomic E-state index is 0.0331. The van der Waals surface area contributed by atoms with Crippen molar-refractivity contribution in [2.24, 2.45) is 5.73 Å². The third-order valence-electron chi connectivity index (χ3n) is 4.30. The molecule has 0 aliphatic heterocycles. The Morgan fingerprint density at radius 2 is 1.97 bits per heavy atom. The number of allylic oxidation sites excluding steroid dienone is 1. The lowest BCUT2D eigenvalue weighted by atomic mass is 10.0. The number of nitrogens with zero attached hydrogens (tertiary/aromatic N) is 2. The molecule has 0 aliphatic rings. The molecule has 0 spiro atoms. The fraction of sp³-hybridized carbons (Fsp3) is 0.364. The molecule has 0 fully saturated rings. The highest BCUT2D eigenvalue weighted by Gasteiger charge is 2.33. The Bertz CT molecular complexity index is 1050. The van der Waals surface area contributed by atoms with Crippen LogP contribution in [0.1, 0.15) is 65.8 Å². The quantitative estimate of drug-likeness (QED) is 0.505. The molecule has 2 heterocycles. The van der Waals surface area contributed by atoms with Crippen molar-refractivity contribution in [1.82, 2.24) is 9.97 Å². The highest BCUT2D eigenvalue weighted by atomic mass is 19.4. The summed E-state index contributed by atoms with van der Waals surface area (Å²) in [7, 11) is 0. The van der Waals surface area contributed by atoms with Crippen LogP contribution in [0.3, 0.4) is 0 Å². The molecule has 11 heteroatoms. The van der Waals surface area contributed by atoms with Crippen molar-refractivity contribution >= 4 is 23.6 Å². The van der Waals surface area contributed by atoms with Crippen LogP contribution in [-0.2, 0) is 10.9 Å². The van der Waals surface area contributed by atoms with Crippen LogP contribution in [0.2, 0.25) is 0 Å². The van der Waals surface area contributed by atoms with Gasteiger partial charge >= 0.3 is 12.1 Å². The van der Waals surface area contributed by atoms with Crippen LogP contribution >= 0.6 is 0 Å². The molecule has 0 unspecified atom stereocenters. The lowest BCUT2D eigenvalue weighted by Gasteiger charge is -2.16. The number of carbonyl (C=O) groups excluding carboxylic acids is 2. The van der Waals surface area contributed by atoms with Crippen molar-refractivity contribution in [3.8, 4) is 0 Å². The third kappa shape index (κ3) is 7.86. The van der Waals surface area contributed by atoms with Gasteiger partial charge in [0.2, 0.25) is 0 Å². The Morgan fingerprint density at radius 1 is 1.27 bits per heavy atom. The van der Waals surface area contributed by atoms with Crippen molar-refractivity contribution < 1.29 is 32.6 Å². The monoisotopic (exact) mass is 466 g/mol. The lowest BCUT2D eigenvalue weighted by Crippen LogP contribution is -2.19. The van der Waals surface area contributed by atoms with E-state index < -0.39 is 35.0 Å². The molecule has 2 aromatic heterocycles. The summed E-state index contributed by atoms with van der Waals surface area (Å²) >= 11 is 0. The summed E-state index contributed by atoms with van der Waals surface area (Å²) < 4.78 is 43.7. The molecule has 2 rings (SSSR count). The normalized spacial score (nSPS) is 12.4. The molecular weight excluding hydrogens is 441 g/mol. The van der Waals surface area contributed by atoms with Gasteiger partial charge in [-0.25, -0.2) is 9.78 Å². The van der Waals surface area contributed by atoms with Gasteiger partial charge in [0.1, 0.15) is 17.0 Å². The van der Waals surface area contributed by atoms with Crippen LogP contribution in [0.4, 0.5) is 18.9 Å². The maximum atomic E-state index is 12.9. The van der Waals surface area contributed by atoms with Gasteiger partial charge in [-0.1, -0.05) is 6.07 Å². The highest BCUT2D eigenvalue weighted by molar-refractivity contribution is 6.07. The number of aromatic nitrogens is 2. The SMILES string of the molecule is CCOC(=O)c1cnc(C=C(N)CCC(C)(C)O)cc1NC(=O)c1cccc(C(F)(F)F)n1. The number of ether oxygens (including phenoxy) is 1. The second-order valence-electron chi connectivity index (χ2n) is 7.77. The van der Waals surface area contributed by atoms with Crippen molar-refractivity contribution in [3.63, 3.8) is 0 Å². The zero-order valence-electron chi connectivity index (χ0n) is 18.4. The molecule has 2 aromatic rings.